The molecule has 1 atom stereocenters. The van der Waals surface area contributed by atoms with Crippen LogP contribution in [-0.2, 0) is 11.2 Å². The first-order chi connectivity index (χ1) is 8.26. The third-order valence-electron chi connectivity index (χ3n) is 2.55. The molecule has 0 aliphatic carbocycles. The summed E-state index contributed by atoms with van der Waals surface area (Å²) in [5, 5.41) is 12.8. The lowest BCUT2D eigenvalue weighted by Crippen LogP contribution is -2.35. The molecule has 0 amide bonds. The van der Waals surface area contributed by atoms with Crippen molar-refractivity contribution in [2.75, 3.05) is 19.8 Å². The summed E-state index contributed by atoms with van der Waals surface area (Å²) in [5.41, 5.74) is 1.14. The lowest BCUT2D eigenvalue weighted by Gasteiger charge is -2.18. The number of hydrogen-bond acceptors (Lipinski definition) is 3. The first-order valence-corrected chi connectivity index (χ1v) is 6.35. The maximum Gasteiger partial charge on any atom is 0.115 e. The molecule has 0 heterocycles. The fourth-order valence-corrected chi connectivity index (χ4v) is 1.82. The molecule has 0 aliphatic rings. The monoisotopic (exact) mass is 237 g/mol. The van der Waals surface area contributed by atoms with E-state index in [4.69, 9.17) is 4.74 Å². The van der Waals surface area contributed by atoms with E-state index in [9.17, 15) is 5.11 Å². The van der Waals surface area contributed by atoms with Crippen LogP contribution >= 0.6 is 0 Å². The lowest BCUT2D eigenvalue weighted by atomic mass is 10.1. The van der Waals surface area contributed by atoms with Crippen LogP contribution in [0.2, 0.25) is 0 Å². The minimum atomic E-state index is 0.313. The van der Waals surface area contributed by atoms with E-state index in [1.807, 2.05) is 18.2 Å². The third kappa shape index (κ3) is 5.71. The normalized spacial score (nSPS) is 12.6. The summed E-state index contributed by atoms with van der Waals surface area (Å²) >= 11 is 0. The van der Waals surface area contributed by atoms with Gasteiger partial charge >= 0.3 is 0 Å². The maximum atomic E-state index is 9.42. The fraction of sp³-hybridized carbons (Fsp3) is 0.571. The van der Waals surface area contributed by atoms with Crippen LogP contribution in [0.4, 0.5) is 0 Å². The summed E-state index contributed by atoms with van der Waals surface area (Å²) in [4.78, 5) is 0. The number of phenols is 1. The van der Waals surface area contributed by atoms with Crippen molar-refractivity contribution >= 4 is 0 Å². The Balaban J connectivity index is 2.47. The minimum Gasteiger partial charge on any atom is -0.508 e. The van der Waals surface area contributed by atoms with Crippen LogP contribution in [0.1, 0.15) is 25.8 Å². The van der Waals surface area contributed by atoms with Gasteiger partial charge in [-0.1, -0.05) is 26.0 Å². The van der Waals surface area contributed by atoms with Gasteiger partial charge in [0.15, 0.2) is 0 Å². The van der Waals surface area contributed by atoms with Crippen LogP contribution in [0.15, 0.2) is 24.3 Å². The van der Waals surface area contributed by atoms with Gasteiger partial charge in [0.05, 0.1) is 6.61 Å². The van der Waals surface area contributed by atoms with Crippen LogP contribution in [0.3, 0.4) is 0 Å². The highest BCUT2D eigenvalue weighted by atomic mass is 16.5. The van der Waals surface area contributed by atoms with E-state index in [2.05, 4.69) is 19.2 Å². The predicted octanol–water partition coefficient (Wildman–Crippen LogP) is 2.34. The van der Waals surface area contributed by atoms with E-state index in [-0.39, 0.29) is 0 Å². The Morgan fingerprint density at radius 3 is 2.82 bits per heavy atom. The molecule has 0 saturated carbocycles. The summed E-state index contributed by atoms with van der Waals surface area (Å²) < 4.78 is 5.57. The Labute approximate surface area is 104 Å². The number of phenolic OH excluding ortho intramolecular Hbond substituents is 1. The molecule has 0 saturated heterocycles. The van der Waals surface area contributed by atoms with Crippen molar-refractivity contribution in [3.05, 3.63) is 29.8 Å². The quantitative estimate of drug-likeness (QED) is 0.682. The Morgan fingerprint density at radius 2 is 2.18 bits per heavy atom. The zero-order valence-electron chi connectivity index (χ0n) is 10.8. The molecule has 0 aromatic heterocycles. The summed E-state index contributed by atoms with van der Waals surface area (Å²) in [7, 11) is 0. The van der Waals surface area contributed by atoms with E-state index in [1.165, 1.54) is 0 Å². The smallest absolute Gasteiger partial charge is 0.115 e. The molecule has 0 radical (unpaired) electrons. The third-order valence-corrected chi connectivity index (χ3v) is 2.55. The molecule has 0 spiro atoms. The molecule has 0 aliphatic heterocycles. The predicted molar refractivity (Wildman–Crippen MR) is 70.4 cm³/mol. The molecule has 1 aromatic carbocycles. The van der Waals surface area contributed by atoms with Crippen LogP contribution in [0, 0.1) is 0 Å². The van der Waals surface area contributed by atoms with Crippen LogP contribution < -0.4 is 5.32 Å². The van der Waals surface area contributed by atoms with Crippen molar-refractivity contribution in [1.29, 1.82) is 0 Å². The summed E-state index contributed by atoms with van der Waals surface area (Å²) in [5.74, 6) is 0.326. The molecular formula is C14H23NO2. The zero-order chi connectivity index (χ0) is 12.5. The average molecular weight is 237 g/mol. The second kappa shape index (κ2) is 8.09. The fourth-order valence-electron chi connectivity index (χ4n) is 1.82. The van der Waals surface area contributed by atoms with E-state index in [0.717, 1.165) is 38.2 Å². The number of ether oxygens (including phenoxy) is 1. The Hall–Kier alpha value is -1.06. The number of rotatable bonds is 8. The first kappa shape index (κ1) is 14.0. The molecular weight excluding hydrogens is 214 g/mol. The Bertz CT molecular complexity index is 315. The maximum absolute atomic E-state index is 9.42. The van der Waals surface area contributed by atoms with E-state index in [1.54, 1.807) is 6.07 Å². The van der Waals surface area contributed by atoms with Gasteiger partial charge in [-0.25, -0.2) is 0 Å². The SMILES string of the molecule is CCCOCC(Cc1cccc(O)c1)NCC. The highest BCUT2D eigenvalue weighted by Gasteiger charge is 2.08. The minimum absolute atomic E-state index is 0.313. The summed E-state index contributed by atoms with van der Waals surface area (Å²) in [6.07, 6.45) is 1.93. The molecule has 0 fully saturated rings. The number of aromatic hydroxyl groups is 1. The molecule has 1 aromatic rings. The molecule has 17 heavy (non-hydrogen) atoms. The standard InChI is InChI=1S/C14H23NO2/c1-3-8-17-11-13(15-4-2)9-12-6-5-7-14(16)10-12/h5-7,10,13,15-16H,3-4,8-9,11H2,1-2H3. The van der Waals surface area contributed by atoms with Crippen molar-refractivity contribution in [3.63, 3.8) is 0 Å². The first-order valence-electron chi connectivity index (χ1n) is 6.35. The van der Waals surface area contributed by atoms with Crippen molar-refractivity contribution in [2.45, 2.75) is 32.7 Å². The van der Waals surface area contributed by atoms with Gasteiger partial charge in [-0.3, -0.25) is 0 Å². The highest BCUT2D eigenvalue weighted by Crippen LogP contribution is 2.12. The zero-order valence-corrected chi connectivity index (χ0v) is 10.8. The average Bonchev–Trinajstić information content (AvgIpc) is 2.29. The van der Waals surface area contributed by atoms with Gasteiger partial charge in [0.2, 0.25) is 0 Å². The number of hydrogen-bond donors (Lipinski definition) is 2. The van der Waals surface area contributed by atoms with Gasteiger partial charge < -0.3 is 15.2 Å². The Morgan fingerprint density at radius 1 is 1.35 bits per heavy atom. The van der Waals surface area contributed by atoms with E-state index >= 15 is 0 Å². The van der Waals surface area contributed by atoms with Gasteiger partial charge in [0.1, 0.15) is 5.75 Å². The topological polar surface area (TPSA) is 41.5 Å². The van der Waals surface area contributed by atoms with E-state index < -0.39 is 0 Å². The Kier molecular flexibility index (Phi) is 6.67. The van der Waals surface area contributed by atoms with E-state index in [0.29, 0.717) is 11.8 Å². The molecule has 1 unspecified atom stereocenters. The van der Waals surface area contributed by atoms with Gasteiger partial charge in [-0.2, -0.15) is 0 Å². The summed E-state index contributed by atoms with van der Waals surface area (Å²) in [6.45, 7) is 6.66. The van der Waals surface area contributed by atoms with Crippen LogP contribution in [0.25, 0.3) is 0 Å². The van der Waals surface area contributed by atoms with Crippen molar-refractivity contribution in [2.24, 2.45) is 0 Å². The molecule has 2 N–H and O–H groups in total. The second-order valence-corrected chi connectivity index (χ2v) is 4.20. The van der Waals surface area contributed by atoms with Gasteiger partial charge in [-0.15, -0.1) is 0 Å². The number of likely N-dealkylation sites (N-methyl/N-ethyl adjacent to an activating group) is 1. The van der Waals surface area contributed by atoms with Gasteiger partial charge in [-0.05, 0) is 37.1 Å². The molecule has 3 nitrogen and oxygen atoms in total. The largest absolute Gasteiger partial charge is 0.508 e. The molecule has 96 valence electrons. The van der Waals surface area contributed by atoms with Gasteiger partial charge in [0.25, 0.3) is 0 Å². The second-order valence-electron chi connectivity index (χ2n) is 4.20. The molecule has 3 heteroatoms. The highest BCUT2D eigenvalue weighted by molar-refractivity contribution is 5.27. The molecule has 1 rings (SSSR count). The molecule has 0 bridgehead atoms. The summed E-state index contributed by atoms with van der Waals surface area (Å²) in [6, 6.07) is 7.72. The number of benzene rings is 1. The number of nitrogens with one attached hydrogen (secondary N) is 1. The van der Waals surface area contributed by atoms with Crippen LogP contribution in [-0.4, -0.2) is 30.9 Å². The van der Waals surface area contributed by atoms with Crippen LogP contribution in [0.5, 0.6) is 5.75 Å². The van der Waals surface area contributed by atoms with Crippen molar-refractivity contribution in [3.8, 4) is 5.75 Å². The van der Waals surface area contributed by atoms with Crippen molar-refractivity contribution in [1.82, 2.24) is 5.32 Å². The lowest BCUT2D eigenvalue weighted by molar-refractivity contribution is 0.112. The van der Waals surface area contributed by atoms with Crippen molar-refractivity contribution < 1.29 is 9.84 Å². The van der Waals surface area contributed by atoms with Gasteiger partial charge in [0, 0.05) is 12.6 Å².